The van der Waals surface area contributed by atoms with Crippen LogP contribution in [0.3, 0.4) is 0 Å². The Morgan fingerprint density at radius 3 is 2.59 bits per heavy atom. The molecule has 4 amide bonds. The summed E-state index contributed by atoms with van der Waals surface area (Å²) in [6.07, 6.45) is 3.99. The fourth-order valence-corrected chi connectivity index (χ4v) is 4.30. The van der Waals surface area contributed by atoms with Crippen molar-refractivity contribution < 1.29 is 9.59 Å². The molecule has 1 heterocycles. The molecule has 1 aliphatic heterocycles. The largest absolute Gasteiger partial charge is 0.341 e. The van der Waals surface area contributed by atoms with Crippen molar-refractivity contribution >= 4 is 22.8 Å². The first-order valence-corrected chi connectivity index (χ1v) is 10.6. The Hall–Kier alpha value is -2.76. The van der Waals surface area contributed by atoms with Crippen molar-refractivity contribution in [2.24, 2.45) is 0 Å². The maximum atomic E-state index is 13.0. The lowest BCUT2D eigenvalue weighted by Crippen LogP contribution is -2.56. The summed E-state index contributed by atoms with van der Waals surface area (Å²) in [6.45, 7) is 3.97. The highest BCUT2D eigenvalue weighted by molar-refractivity contribution is 5.84. The molecule has 1 saturated heterocycles. The van der Waals surface area contributed by atoms with E-state index in [4.69, 9.17) is 0 Å². The summed E-state index contributed by atoms with van der Waals surface area (Å²) < 4.78 is 0. The second kappa shape index (κ2) is 8.31. The first kappa shape index (κ1) is 19.6. The van der Waals surface area contributed by atoms with Crippen LogP contribution in [0.2, 0.25) is 0 Å². The molecule has 1 unspecified atom stereocenters. The number of nitrogens with zero attached hydrogens (tertiary/aromatic N) is 2. The van der Waals surface area contributed by atoms with Gasteiger partial charge in [0.15, 0.2) is 0 Å². The van der Waals surface area contributed by atoms with E-state index in [0.29, 0.717) is 19.1 Å². The fourth-order valence-electron chi connectivity index (χ4n) is 4.30. The molecule has 0 spiro atoms. The Labute approximate surface area is 172 Å². The Morgan fingerprint density at radius 1 is 1.07 bits per heavy atom. The smallest absolute Gasteiger partial charge is 0.318 e. The summed E-state index contributed by atoms with van der Waals surface area (Å²) >= 11 is 0. The predicted molar refractivity (Wildman–Crippen MR) is 115 cm³/mol. The lowest BCUT2D eigenvalue weighted by Gasteiger charge is -2.39. The number of fused-ring (bicyclic) bond motifs is 1. The van der Waals surface area contributed by atoms with Crippen LogP contribution in [0.25, 0.3) is 10.8 Å². The van der Waals surface area contributed by atoms with Crippen molar-refractivity contribution in [2.75, 3.05) is 20.1 Å². The number of urea groups is 2. The average Bonchev–Trinajstić information content (AvgIpc) is 3.57. The number of amides is 4. The van der Waals surface area contributed by atoms with Crippen molar-refractivity contribution in [1.82, 2.24) is 20.4 Å². The number of carbonyl (C=O) groups excluding carboxylic acids is 2. The fraction of sp³-hybridized carbons (Fsp3) is 0.478. The maximum absolute atomic E-state index is 13.0. The Balaban J connectivity index is 1.41. The van der Waals surface area contributed by atoms with Gasteiger partial charge in [0.1, 0.15) is 0 Å². The highest BCUT2D eigenvalue weighted by Crippen LogP contribution is 2.31. The van der Waals surface area contributed by atoms with E-state index in [1.807, 2.05) is 9.80 Å². The number of benzene rings is 2. The van der Waals surface area contributed by atoms with Crippen LogP contribution < -0.4 is 10.6 Å². The molecule has 29 heavy (non-hydrogen) atoms. The molecular formula is C23H30N4O2. The minimum atomic E-state index is -0.0581. The third kappa shape index (κ3) is 4.47. The van der Waals surface area contributed by atoms with Gasteiger partial charge in [-0.2, -0.15) is 0 Å². The maximum Gasteiger partial charge on any atom is 0.318 e. The standard InChI is InChI=1S/C23H30N4O2/c1-16-5-7-19-13-17(6-8-18(19)12-16)14-25-23(29)27(20-9-10-20)21-4-3-11-26(15-21)22(28)24-2/h5-8,12-13,20-21H,3-4,9-11,14-15H2,1-2H3,(H,24,28)(H,25,29). The summed E-state index contributed by atoms with van der Waals surface area (Å²) in [6, 6.07) is 13.1. The quantitative estimate of drug-likeness (QED) is 0.832. The van der Waals surface area contributed by atoms with Crippen molar-refractivity contribution in [3.8, 4) is 0 Å². The van der Waals surface area contributed by atoms with E-state index in [0.717, 1.165) is 37.8 Å². The molecule has 1 saturated carbocycles. The molecule has 154 valence electrons. The number of piperidine rings is 1. The molecule has 2 aliphatic rings. The van der Waals surface area contributed by atoms with Gasteiger partial charge in [0, 0.05) is 32.7 Å². The van der Waals surface area contributed by atoms with Crippen LogP contribution in [0.15, 0.2) is 36.4 Å². The predicted octanol–water partition coefficient (Wildman–Crippen LogP) is 3.63. The van der Waals surface area contributed by atoms with Gasteiger partial charge >= 0.3 is 12.1 Å². The Morgan fingerprint density at radius 2 is 1.83 bits per heavy atom. The number of carbonyl (C=O) groups is 2. The molecule has 2 N–H and O–H groups in total. The van der Waals surface area contributed by atoms with Gasteiger partial charge in [0.2, 0.25) is 0 Å². The van der Waals surface area contributed by atoms with Crippen LogP contribution in [0.1, 0.15) is 36.8 Å². The molecule has 6 heteroatoms. The molecule has 1 atom stereocenters. The number of hydrogen-bond donors (Lipinski definition) is 2. The van der Waals surface area contributed by atoms with E-state index in [1.54, 1.807) is 7.05 Å². The van der Waals surface area contributed by atoms with Gasteiger partial charge in [-0.3, -0.25) is 0 Å². The molecule has 4 rings (SSSR count). The van der Waals surface area contributed by atoms with Crippen molar-refractivity contribution in [3.63, 3.8) is 0 Å². The number of nitrogens with one attached hydrogen (secondary N) is 2. The van der Waals surface area contributed by atoms with Crippen LogP contribution in [0.4, 0.5) is 9.59 Å². The normalized spacial score (nSPS) is 19.1. The minimum absolute atomic E-state index is 0.0136. The van der Waals surface area contributed by atoms with Gasteiger partial charge in [-0.15, -0.1) is 0 Å². The van der Waals surface area contributed by atoms with Crippen molar-refractivity contribution in [1.29, 1.82) is 0 Å². The van der Waals surface area contributed by atoms with Crippen LogP contribution >= 0.6 is 0 Å². The van der Waals surface area contributed by atoms with Crippen LogP contribution in [0, 0.1) is 6.92 Å². The van der Waals surface area contributed by atoms with E-state index in [2.05, 4.69) is 54.0 Å². The van der Waals surface area contributed by atoms with Gasteiger partial charge in [-0.25, -0.2) is 9.59 Å². The summed E-state index contributed by atoms with van der Waals surface area (Å²) in [5.41, 5.74) is 2.35. The molecule has 0 aromatic heterocycles. The Bertz CT molecular complexity index is 909. The first-order valence-electron chi connectivity index (χ1n) is 10.6. The summed E-state index contributed by atoms with van der Waals surface area (Å²) in [5.74, 6) is 0. The second-order valence-electron chi connectivity index (χ2n) is 8.28. The van der Waals surface area contributed by atoms with Gasteiger partial charge in [-0.1, -0.05) is 35.9 Å². The molecule has 6 nitrogen and oxygen atoms in total. The third-order valence-corrected chi connectivity index (χ3v) is 5.97. The highest BCUT2D eigenvalue weighted by Gasteiger charge is 2.39. The lowest BCUT2D eigenvalue weighted by molar-refractivity contribution is 0.116. The summed E-state index contributed by atoms with van der Waals surface area (Å²) in [4.78, 5) is 28.9. The number of aryl methyl sites for hydroxylation is 1. The van der Waals surface area contributed by atoms with Crippen LogP contribution in [-0.2, 0) is 6.54 Å². The second-order valence-corrected chi connectivity index (χ2v) is 8.28. The molecular weight excluding hydrogens is 364 g/mol. The molecule has 2 aromatic carbocycles. The van der Waals surface area contributed by atoms with E-state index in [9.17, 15) is 9.59 Å². The summed E-state index contributed by atoms with van der Waals surface area (Å²) in [5, 5.41) is 8.23. The zero-order valence-electron chi connectivity index (χ0n) is 17.3. The average molecular weight is 395 g/mol. The van der Waals surface area contributed by atoms with Crippen LogP contribution in [-0.4, -0.2) is 54.1 Å². The third-order valence-electron chi connectivity index (χ3n) is 5.97. The molecule has 2 fully saturated rings. The zero-order valence-corrected chi connectivity index (χ0v) is 17.3. The molecule has 0 radical (unpaired) electrons. The van der Waals surface area contributed by atoms with Crippen LogP contribution in [0.5, 0.6) is 0 Å². The first-order chi connectivity index (χ1) is 14.0. The van der Waals surface area contributed by atoms with Gasteiger partial charge in [0.25, 0.3) is 0 Å². The van der Waals surface area contributed by atoms with E-state index >= 15 is 0 Å². The van der Waals surface area contributed by atoms with E-state index in [-0.39, 0.29) is 18.1 Å². The minimum Gasteiger partial charge on any atom is -0.341 e. The topological polar surface area (TPSA) is 64.7 Å². The Kier molecular flexibility index (Phi) is 5.60. The monoisotopic (exact) mass is 394 g/mol. The van der Waals surface area contributed by atoms with Crippen molar-refractivity contribution in [2.45, 2.75) is 51.2 Å². The lowest BCUT2D eigenvalue weighted by atomic mass is 10.0. The highest BCUT2D eigenvalue weighted by atomic mass is 16.2. The zero-order chi connectivity index (χ0) is 20.4. The number of hydrogen-bond acceptors (Lipinski definition) is 2. The summed E-state index contributed by atoms with van der Waals surface area (Å²) in [7, 11) is 1.65. The SMILES string of the molecule is CNC(=O)N1CCCC(N(C(=O)NCc2ccc3cc(C)ccc3c2)C2CC2)C1. The van der Waals surface area contributed by atoms with Crippen molar-refractivity contribution in [3.05, 3.63) is 47.5 Å². The number of rotatable bonds is 4. The van der Waals surface area contributed by atoms with Gasteiger partial charge in [0.05, 0.1) is 6.04 Å². The number of likely N-dealkylation sites (tertiary alicyclic amines) is 1. The molecule has 0 bridgehead atoms. The van der Waals surface area contributed by atoms with Gasteiger partial charge in [-0.05, 0) is 55.0 Å². The molecule has 1 aliphatic carbocycles. The van der Waals surface area contributed by atoms with E-state index < -0.39 is 0 Å². The van der Waals surface area contributed by atoms with E-state index in [1.165, 1.54) is 16.3 Å². The van der Waals surface area contributed by atoms with Gasteiger partial charge < -0.3 is 20.4 Å². The molecule has 2 aromatic rings.